The lowest BCUT2D eigenvalue weighted by atomic mass is 9.95. The smallest absolute Gasteiger partial charge is 0.0697 e. The Hall–Kier alpha value is -0.120. The summed E-state index contributed by atoms with van der Waals surface area (Å²) in [4.78, 5) is 0. The fourth-order valence-corrected chi connectivity index (χ4v) is 1.59. The Morgan fingerprint density at radius 3 is 2.67 bits per heavy atom. The van der Waals surface area contributed by atoms with Crippen LogP contribution in [0.1, 0.15) is 19.3 Å². The largest absolute Gasteiger partial charge is 0.394 e. The summed E-state index contributed by atoms with van der Waals surface area (Å²) in [5, 5.41) is 11.8. The molecule has 72 valence electrons. The van der Waals surface area contributed by atoms with Gasteiger partial charge < -0.3 is 15.2 Å². The normalized spacial score (nSPS) is 19.8. The minimum atomic E-state index is 0.145. The maximum absolute atomic E-state index is 8.47. The van der Waals surface area contributed by atoms with Crippen LogP contribution >= 0.6 is 0 Å². The van der Waals surface area contributed by atoms with E-state index in [4.69, 9.17) is 9.84 Å². The summed E-state index contributed by atoms with van der Waals surface area (Å²) < 4.78 is 5.22. The number of piperidine rings is 1. The first-order valence-corrected chi connectivity index (χ1v) is 4.83. The molecule has 3 nitrogen and oxygen atoms in total. The minimum absolute atomic E-state index is 0.145. The van der Waals surface area contributed by atoms with Gasteiger partial charge in [0.25, 0.3) is 0 Å². The fraction of sp³-hybridized carbons (Fsp3) is 1.00. The topological polar surface area (TPSA) is 41.5 Å². The molecular formula is C9H19NO2. The summed E-state index contributed by atoms with van der Waals surface area (Å²) in [5.74, 6) is 0.838. The van der Waals surface area contributed by atoms with Gasteiger partial charge >= 0.3 is 0 Å². The average Bonchev–Trinajstić information content (AvgIpc) is 2.14. The van der Waals surface area contributed by atoms with E-state index in [-0.39, 0.29) is 6.61 Å². The van der Waals surface area contributed by atoms with E-state index in [2.05, 4.69) is 5.32 Å². The van der Waals surface area contributed by atoms with Crippen molar-refractivity contribution in [3.8, 4) is 0 Å². The molecule has 1 aliphatic rings. The molecule has 2 N–H and O–H groups in total. The monoisotopic (exact) mass is 173 g/mol. The predicted molar refractivity (Wildman–Crippen MR) is 48.1 cm³/mol. The van der Waals surface area contributed by atoms with Gasteiger partial charge in [0.15, 0.2) is 0 Å². The van der Waals surface area contributed by atoms with Crippen molar-refractivity contribution in [2.75, 3.05) is 32.9 Å². The SMILES string of the molecule is OCCOCCC1CCNCC1. The Morgan fingerprint density at radius 2 is 2.00 bits per heavy atom. The molecule has 1 fully saturated rings. The van der Waals surface area contributed by atoms with E-state index in [1.165, 1.54) is 12.8 Å². The maximum Gasteiger partial charge on any atom is 0.0697 e. The summed E-state index contributed by atoms with van der Waals surface area (Å²) in [6.07, 6.45) is 3.71. The van der Waals surface area contributed by atoms with Crippen LogP contribution in [0.3, 0.4) is 0 Å². The standard InChI is InChI=1S/C9H19NO2/c11-6-8-12-7-3-9-1-4-10-5-2-9/h9-11H,1-8H2. The Morgan fingerprint density at radius 1 is 1.25 bits per heavy atom. The van der Waals surface area contributed by atoms with E-state index in [0.717, 1.165) is 32.0 Å². The second-order valence-corrected chi connectivity index (χ2v) is 3.32. The highest BCUT2D eigenvalue weighted by Gasteiger charge is 2.11. The second kappa shape index (κ2) is 6.40. The molecule has 1 saturated heterocycles. The molecule has 0 amide bonds. The van der Waals surface area contributed by atoms with E-state index in [0.29, 0.717) is 6.61 Å². The van der Waals surface area contributed by atoms with Crippen molar-refractivity contribution in [1.82, 2.24) is 5.32 Å². The average molecular weight is 173 g/mol. The first kappa shape index (κ1) is 9.96. The molecule has 3 heteroatoms. The van der Waals surface area contributed by atoms with Gasteiger partial charge in [-0.2, -0.15) is 0 Å². The van der Waals surface area contributed by atoms with Crippen molar-refractivity contribution >= 4 is 0 Å². The zero-order valence-electron chi connectivity index (χ0n) is 7.59. The molecule has 0 saturated carbocycles. The fourth-order valence-electron chi connectivity index (χ4n) is 1.59. The number of ether oxygens (including phenoxy) is 1. The van der Waals surface area contributed by atoms with Crippen LogP contribution in [0.4, 0.5) is 0 Å². The highest BCUT2D eigenvalue weighted by molar-refractivity contribution is 4.67. The molecule has 0 unspecified atom stereocenters. The van der Waals surface area contributed by atoms with Crippen molar-refractivity contribution in [2.45, 2.75) is 19.3 Å². The number of hydrogen-bond acceptors (Lipinski definition) is 3. The van der Waals surface area contributed by atoms with Gasteiger partial charge in [-0.25, -0.2) is 0 Å². The second-order valence-electron chi connectivity index (χ2n) is 3.32. The van der Waals surface area contributed by atoms with Gasteiger partial charge in [-0.05, 0) is 38.3 Å². The third-order valence-electron chi connectivity index (χ3n) is 2.36. The molecule has 1 rings (SSSR count). The van der Waals surface area contributed by atoms with Crippen LogP contribution in [0.2, 0.25) is 0 Å². The van der Waals surface area contributed by atoms with E-state index in [1.54, 1.807) is 0 Å². The lowest BCUT2D eigenvalue weighted by Crippen LogP contribution is -2.28. The van der Waals surface area contributed by atoms with Crippen molar-refractivity contribution in [1.29, 1.82) is 0 Å². The van der Waals surface area contributed by atoms with Crippen molar-refractivity contribution in [2.24, 2.45) is 5.92 Å². The minimum Gasteiger partial charge on any atom is -0.394 e. The van der Waals surface area contributed by atoms with Gasteiger partial charge in [0.2, 0.25) is 0 Å². The lowest BCUT2D eigenvalue weighted by Gasteiger charge is -2.22. The number of aliphatic hydroxyl groups excluding tert-OH is 1. The van der Waals surface area contributed by atoms with Crippen molar-refractivity contribution in [3.05, 3.63) is 0 Å². The summed E-state index contributed by atoms with van der Waals surface area (Å²) >= 11 is 0. The molecule has 0 atom stereocenters. The summed E-state index contributed by atoms with van der Waals surface area (Å²) in [6.45, 7) is 3.76. The summed E-state index contributed by atoms with van der Waals surface area (Å²) in [7, 11) is 0. The van der Waals surface area contributed by atoms with Crippen LogP contribution in [-0.2, 0) is 4.74 Å². The Kier molecular flexibility index (Phi) is 5.32. The van der Waals surface area contributed by atoms with Gasteiger partial charge in [-0.1, -0.05) is 0 Å². The highest BCUT2D eigenvalue weighted by atomic mass is 16.5. The molecule has 0 aliphatic carbocycles. The van der Waals surface area contributed by atoms with Gasteiger partial charge in [0.1, 0.15) is 0 Å². The summed E-state index contributed by atoms with van der Waals surface area (Å²) in [6, 6.07) is 0. The number of hydrogen-bond donors (Lipinski definition) is 2. The molecule has 1 aliphatic heterocycles. The van der Waals surface area contributed by atoms with Gasteiger partial charge in [0, 0.05) is 6.61 Å². The van der Waals surface area contributed by atoms with Crippen LogP contribution in [0.25, 0.3) is 0 Å². The first-order chi connectivity index (χ1) is 5.93. The van der Waals surface area contributed by atoms with Crippen LogP contribution in [0.5, 0.6) is 0 Å². The van der Waals surface area contributed by atoms with Gasteiger partial charge in [0.05, 0.1) is 13.2 Å². The number of rotatable bonds is 5. The lowest BCUT2D eigenvalue weighted by molar-refractivity contribution is 0.0801. The highest BCUT2D eigenvalue weighted by Crippen LogP contribution is 2.15. The third-order valence-corrected chi connectivity index (χ3v) is 2.36. The molecular weight excluding hydrogens is 154 g/mol. The third kappa shape index (κ3) is 4.04. The summed E-state index contributed by atoms with van der Waals surface area (Å²) in [5.41, 5.74) is 0. The van der Waals surface area contributed by atoms with Crippen LogP contribution in [-0.4, -0.2) is 38.0 Å². The zero-order valence-corrected chi connectivity index (χ0v) is 7.59. The van der Waals surface area contributed by atoms with Crippen molar-refractivity contribution in [3.63, 3.8) is 0 Å². The van der Waals surface area contributed by atoms with E-state index in [9.17, 15) is 0 Å². The number of aliphatic hydroxyl groups is 1. The molecule has 0 aromatic carbocycles. The molecule has 0 spiro atoms. The molecule has 0 radical (unpaired) electrons. The van der Waals surface area contributed by atoms with E-state index >= 15 is 0 Å². The zero-order chi connectivity index (χ0) is 8.65. The van der Waals surface area contributed by atoms with Gasteiger partial charge in [-0.15, -0.1) is 0 Å². The predicted octanol–water partition coefficient (Wildman–Crippen LogP) is 0.385. The van der Waals surface area contributed by atoms with Crippen LogP contribution in [0.15, 0.2) is 0 Å². The Labute approximate surface area is 74.1 Å². The van der Waals surface area contributed by atoms with Gasteiger partial charge in [-0.3, -0.25) is 0 Å². The maximum atomic E-state index is 8.47. The van der Waals surface area contributed by atoms with Crippen LogP contribution in [0, 0.1) is 5.92 Å². The molecule has 12 heavy (non-hydrogen) atoms. The number of nitrogens with one attached hydrogen (secondary N) is 1. The Balaban J connectivity index is 1.91. The molecule has 1 heterocycles. The molecule has 0 bridgehead atoms. The van der Waals surface area contributed by atoms with Crippen molar-refractivity contribution < 1.29 is 9.84 Å². The van der Waals surface area contributed by atoms with Crippen LogP contribution < -0.4 is 5.32 Å². The first-order valence-electron chi connectivity index (χ1n) is 4.83. The van der Waals surface area contributed by atoms with E-state index in [1.807, 2.05) is 0 Å². The Bertz CT molecular complexity index is 103. The molecule has 0 aromatic rings. The molecule has 0 aromatic heterocycles. The quantitative estimate of drug-likeness (QED) is 0.591. The van der Waals surface area contributed by atoms with E-state index < -0.39 is 0 Å².